The number of nitrogens with two attached hydrogens (primary N) is 1. The highest BCUT2D eigenvalue weighted by molar-refractivity contribution is 9.10. The van der Waals surface area contributed by atoms with Crippen LogP contribution in [-0.4, -0.2) is 18.3 Å². The van der Waals surface area contributed by atoms with E-state index in [-0.39, 0.29) is 5.56 Å². The Kier molecular flexibility index (Phi) is 4.07. The fourth-order valence-corrected chi connectivity index (χ4v) is 1.96. The molecule has 1 aromatic rings. The minimum atomic E-state index is -1.06. The summed E-state index contributed by atoms with van der Waals surface area (Å²) in [6.45, 7) is 1.61. The summed E-state index contributed by atoms with van der Waals surface area (Å²) in [4.78, 5) is 0. The van der Waals surface area contributed by atoms with Crippen molar-refractivity contribution in [3.63, 3.8) is 0 Å². The van der Waals surface area contributed by atoms with Crippen LogP contribution in [0.25, 0.3) is 0 Å². The number of hydrogen-bond donors (Lipinski definition) is 2. The lowest BCUT2D eigenvalue weighted by Crippen LogP contribution is -2.25. The predicted molar refractivity (Wildman–Crippen MR) is 59.3 cm³/mol. The van der Waals surface area contributed by atoms with E-state index in [2.05, 4.69) is 15.9 Å². The lowest BCUT2D eigenvalue weighted by Gasteiger charge is -2.18. The molecular weight excluding hydrogens is 265 g/mol. The van der Waals surface area contributed by atoms with E-state index in [1.807, 2.05) is 0 Å². The third kappa shape index (κ3) is 2.48. The van der Waals surface area contributed by atoms with Gasteiger partial charge in [-0.25, -0.2) is 4.39 Å². The maximum absolute atomic E-state index is 13.5. The van der Waals surface area contributed by atoms with E-state index in [1.165, 1.54) is 19.2 Å². The van der Waals surface area contributed by atoms with Crippen molar-refractivity contribution >= 4 is 15.9 Å². The highest BCUT2D eigenvalue weighted by Crippen LogP contribution is 2.35. The Hall–Kier alpha value is -0.650. The second kappa shape index (κ2) is 4.92. The molecule has 5 heteroatoms. The van der Waals surface area contributed by atoms with E-state index in [1.54, 1.807) is 6.92 Å². The SMILES string of the molecule is COc1ccc(F)c(C(O)C(C)N)c1Br. The standard InChI is InChI=1S/C10H13BrFNO2/c1-5(13)10(14)8-6(12)3-4-7(15-2)9(8)11/h3-5,10,14H,13H2,1-2H3. The summed E-state index contributed by atoms with van der Waals surface area (Å²) in [7, 11) is 1.47. The van der Waals surface area contributed by atoms with Crippen molar-refractivity contribution in [2.24, 2.45) is 5.73 Å². The second-order valence-electron chi connectivity index (χ2n) is 3.28. The molecule has 0 amide bonds. The minimum absolute atomic E-state index is 0.129. The highest BCUT2D eigenvalue weighted by Gasteiger charge is 2.22. The van der Waals surface area contributed by atoms with Gasteiger partial charge in [-0.05, 0) is 35.0 Å². The van der Waals surface area contributed by atoms with Crippen molar-refractivity contribution in [1.29, 1.82) is 0 Å². The molecule has 0 saturated carbocycles. The Labute approximate surface area is 96.2 Å². The van der Waals surface area contributed by atoms with E-state index in [9.17, 15) is 9.50 Å². The van der Waals surface area contributed by atoms with Crippen LogP contribution in [0, 0.1) is 5.82 Å². The number of benzene rings is 1. The molecule has 0 bridgehead atoms. The van der Waals surface area contributed by atoms with Gasteiger partial charge in [0.25, 0.3) is 0 Å². The van der Waals surface area contributed by atoms with Crippen LogP contribution in [-0.2, 0) is 0 Å². The van der Waals surface area contributed by atoms with Crippen molar-refractivity contribution in [2.45, 2.75) is 19.1 Å². The van der Waals surface area contributed by atoms with Gasteiger partial charge in [0, 0.05) is 11.6 Å². The Bertz CT molecular complexity index is 358. The van der Waals surface area contributed by atoms with Crippen molar-refractivity contribution in [3.05, 3.63) is 28.0 Å². The van der Waals surface area contributed by atoms with Gasteiger partial charge >= 0.3 is 0 Å². The first-order chi connectivity index (χ1) is 6.99. The summed E-state index contributed by atoms with van der Waals surface area (Å²) in [5.74, 6) is -0.0430. The first-order valence-corrected chi connectivity index (χ1v) is 5.23. The van der Waals surface area contributed by atoms with E-state index >= 15 is 0 Å². The van der Waals surface area contributed by atoms with Crippen LogP contribution in [0.5, 0.6) is 5.75 Å². The van der Waals surface area contributed by atoms with Gasteiger partial charge in [0.1, 0.15) is 11.6 Å². The summed E-state index contributed by atoms with van der Waals surface area (Å²) in [6.07, 6.45) is -1.06. The molecule has 2 atom stereocenters. The second-order valence-corrected chi connectivity index (χ2v) is 4.07. The third-order valence-corrected chi connectivity index (χ3v) is 2.92. The lowest BCUT2D eigenvalue weighted by molar-refractivity contribution is 0.147. The average molecular weight is 278 g/mol. The molecule has 0 fully saturated rings. The zero-order chi connectivity index (χ0) is 11.6. The first kappa shape index (κ1) is 12.4. The van der Waals surface area contributed by atoms with Crippen molar-refractivity contribution in [1.82, 2.24) is 0 Å². The smallest absolute Gasteiger partial charge is 0.133 e. The maximum atomic E-state index is 13.5. The van der Waals surface area contributed by atoms with E-state index in [0.717, 1.165) is 0 Å². The van der Waals surface area contributed by atoms with Crippen molar-refractivity contribution < 1.29 is 14.2 Å². The fourth-order valence-electron chi connectivity index (χ4n) is 1.24. The molecule has 0 aliphatic rings. The molecule has 3 N–H and O–H groups in total. The Morgan fingerprint density at radius 1 is 1.53 bits per heavy atom. The summed E-state index contributed by atoms with van der Waals surface area (Å²) in [5, 5.41) is 9.73. The molecule has 1 aromatic carbocycles. The van der Waals surface area contributed by atoms with E-state index < -0.39 is 18.0 Å². The van der Waals surface area contributed by atoms with E-state index in [0.29, 0.717) is 10.2 Å². The number of ether oxygens (including phenoxy) is 1. The molecule has 0 aliphatic carbocycles. The summed E-state index contributed by atoms with van der Waals surface area (Å²) >= 11 is 3.18. The first-order valence-electron chi connectivity index (χ1n) is 4.44. The van der Waals surface area contributed by atoms with Gasteiger partial charge in [-0.1, -0.05) is 0 Å². The minimum Gasteiger partial charge on any atom is -0.496 e. The zero-order valence-electron chi connectivity index (χ0n) is 8.50. The van der Waals surface area contributed by atoms with Crippen LogP contribution in [0.3, 0.4) is 0 Å². The van der Waals surface area contributed by atoms with E-state index in [4.69, 9.17) is 10.5 Å². The number of rotatable bonds is 3. The largest absolute Gasteiger partial charge is 0.496 e. The van der Waals surface area contributed by atoms with Crippen LogP contribution in [0.1, 0.15) is 18.6 Å². The Balaban J connectivity index is 3.26. The molecule has 0 radical (unpaired) electrons. The number of halogens is 2. The lowest BCUT2D eigenvalue weighted by atomic mass is 10.0. The van der Waals surface area contributed by atoms with Gasteiger partial charge in [-0.3, -0.25) is 0 Å². The third-order valence-electron chi connectivity index (χ3n) is 2.10. The van der Waals surface area contributed by atoms with Crippen molar-refractivity contribution in [2.75, 3.05) is 7.11 Å². The molecule has 84 valence electrons. The summed E-state index contributed by atoms with van der Waals surface area (Å²) < 4.78 is 18.9. The highest BCUT2D eigenvalue weighted by atomic mass is 79.9. The number of aliphatic hydroxyl groups excluding tert-OH is 1. The van der Waals surface area contributed by atoms with Gasteiger partial charge < -0.3 is 15.6 Å². The molecule has 0 aromatic heterocycles. The van der Waals surface area contributed by atoms with Crippen LogP contribution in [0.15, 0.2) is 16.6 Å². The molecule has 15 heavy (non-hydrogen) atoms. The Morgan fingerprint density at radius 3 is 2.60 bits per heavy atom. The van der Waals surface area contributed by atoms with Gasteiger partial charge in [0.15, 0.2) is 0 Å². The molecule has 0 heterocycles. The topological polar surface area (TPSA) is 55.5 Å². The molecule has 3 nitrogen and oxygen atoms in total. The maximum Gasteiger partial charge on any atom is 0.133 e. The molecular formula is C10H13BrFNO2. The van der Waals surface area contributed by atoms with Gasteiger partial charge in [-0.2, -0.15) is 0 Å². The van der Waals surface area contributed by atoms with Gasteiger partial charge in [0.05, 0.1) is 17.7 Å². The zero-order valence-corrected chi connectivity index (χ0v) is 10.1. The number of hydrogen-bond acceptors (Lipinski definition) is 3. The molecule has 0 spiro atoms. The van der Waals surface area contributed by atoms with Gasteiger partial charge in [0.2, 0.25) is 0 Å². The Morgan fingerprint density at radius 2 is 2.13 bits per heavy atom. The van der Waals surface area contributed by atoms with Gasteiger partial charge in [-0.15, -0.1) is 0 Å². The van der Waals surface area contributed by atoms with Crippen LogP contribution in [0.4, 0.5) is 4.39 Å². The molecule has 0 saturated heterocycles. The summed E-state index contributed by atoms with van der Waals surface area (Å²) in [6, 6.07) is 2.17. The summed E-state index contributed by atoms with van der Waals surface area (Å²) in [5.41, 5.74) is 5.65. The molecule has 2 unspecified atom stereocenters. The number of aliphatic hydroxyl groups is 1. The quantitative estimate of drug-likeness (QED) is 0.888. The molecule has 0 aliphatic heterocycles. The normalized spacial score (nSPS) is 14.8. The van der Waals surface area contributed by atoms with Crippen LogP contribution in [0.2, 0.25) is 0 Å². The monoisotopic (exact) mass is 277 g/mol. The average Bonchev–Trinajstić information content (AvgIpc) is 2.17. The van der Waals surface area contributed by atoms with Crippen LogP contribution >= 0.6 is 15.9 Å². The van der Waals surface area contributed by atoms with Crippen molar-refractivity contribution in [3.8, 4) is 5.75 Å². The fraction of sp³-hybridized carbons (Fsp3) is 0.400. The number of methoxy groups -OCH3 is 1. The van der Waals surface area contributed by atoms with Crippen LogP contribution < -0.4 is 10.5 Å². The predicted octanol–water partition coefficient (Wildman–Crippen LogP) is 1.98. The molecule has 1 rings (SSSR count).